The molecule has 20 heavy (non-hydrogen) atoms. The lowest BCUT2D eigenvalue weighted by molar-refractivity contribution is 0.409. The first-order chi connectivity index (χ1) is 9.65. The maximum absolute atomic E-state index is 6.23. The molecule has 0 saturated carbocycles. The number of hydrogen-bond donors (Lipinski definition) is 1. The molecule has 0 aliphatic heterocycles. The second-order valence-corrected chi connectivity index (χ2v) is 4.89. The highest BCUT2D eigenvalue weighted by Gasteiger charge is 2.09. The number of benzene rings is 2. The Kier molecular flexibility index (Phi) is 4.74. The molecule has 0 fully saturated rings. The van der Waals surface area contributed by atoms with E-state index in [4.69, 9.17) is 21.1 Å². The number of ether oxygens (including phenoxy) is 2. The van der Waals surface area contributed by atoms with Crippen LogP contribution in [0.2, 0.25) is 5.02 Å². The quantitative estimate of drug-likeness (QED) is 0.892. The molecule has 2 rings (SSSR count). The summed E-state index contributed by atoms with van der Waals surface area (Å²) in [5, 5.41) is 4.03. The van der Waals surface area contributed by atoms with E-state index in [9.17, 15) is 0 Å². The fourth-order valence-electron chi connectivity index (χ4n) is 2.05. The van der Waals surface area contributed by atoms with E-state index in [0.717, 1.165) is 22.7 Å². The monoisotopic (exact) mass is 291 g/mol. The summed E-state index contributed by atoms with van der Waals surface area (Å²) in [5.41, 5.74) is 3.04. The second-order valence-electron chi connectivity index (χ2n) is 4.48. The van der Waals surface area contributed by atoms with Gasteiger partial charge in [-0.3, -0.25) is 0 Å². The molecular weight excluding hydrogens is 274 g/mol. The van der Waals surface area contributed by atoms with Crippen molar-refractivity contribution in [3.05, 3.63) is 52.5 Å². The van der Waals surface area contributed by atoms with Crippen LogP contribution < -0.4 is 14.8 Å². The van der Waals surface area contributed by atoms with Crippen molar-refractivity contribution in [3.63, 3.8) is 0 Å². The lowest BCUT2D eigenvalue weighted by Gasteiger charge is -2.14. The van der Waals surface area contributed by atoms with E-state index in [-0.39, 0.29) is 0 Å². The first kappa shape index (κ1) is 14.5. The molecule has 0 aliphatic carbocycles. The molecule has 0 spiro atoms. The highest BCUT2D eigenvalue weighted by atomic mass is 35.5. The van der Waals surface area contributed by atoms with E-state index in [0.29, 0.717) is 11.6 Å². The van der Waals surface area contributed by atoms with Crippen molar-refractivity contribution in [2.45, 2.75) is 13.5 Å². The lowest BCUT2D eigenvalue weighted by Crippen LogP contribution is -2.04. The Labute approximate surface area is 124 Å². The SMILES string of the molecule is COc1ccc(C)cc1NCc1c(Cl)cccc1OC. The van der Waals surface area contributed by atoms with Crippen molar-refractivity contribution >= 4 is 17.3 Å². The van der Waals surface area contributed by atoms with Gasteiger partial charge in [0.25, 0.3) is 0 Å². The smallest absolute Gasteiger partial charge is 0.141 e. The van der Waals surface area contributed by atoms with Gasteiger partial charge in [0.1, 0.15) is 11.5 Å². The van der Waals surface area contributed by atoms with E-state index in [1.54, 1.807) is 14.2 Å². The first-order valence-electron chi connectivity index (χ1n) is 6.35. The van der Waals surface area contributed by atoms with Crippen LogP contribution in [0.5, 0.6) is 11.5 Å². The summed E-state index contributed by atoms with van der Waals surface area (Å²) < 4.78 is 10.7. The minimum absolute atomic E-state index is 0.572. The second kappa shape index (κ2) is 6.53. The Hall–Kier alpha value is -1.87. The van der Waals surface area contributed by atoms with Crippen LogP contribution in [0.1, 0.15) is 11.1 Å². The van der Waals surface area contributed by atoms with Crippen molar-refractivity contribution in [2.24, 2.45) is 0 Å². The molecule has 0 aliphatic rings. The standard InChI is InChI=1S/C16H18ClNO2/c1-11-7-8-16(20-3)14(9-11)18-10-12-13(17)5-4-6-15(12)19-2/h4-9,18H,10H2,1-3H3. The van der Waals surface area contributed by atoms with Gasteiger partial charge in [-0.25, -0.2) is 0 Å². The van der Waals surface area contributed by atoms with Gasteiger partial charge in [-0.15, -0.1) is 0 Å². The largest absolute Gasteiger partial charge is 0.496 e. The van der Waals surface area contributed by atoms with Gasteiger partial charge in [0.15, 0.2) is 0 Å². The highest BCUT2D eigenvalue weighted by molar-refractivity contribution is 6.31. The van der Waals surface area contributed by atoms with Gasteiger partial charge in [-0.1, -0.05) is 23.7 Å². The summed E-state index contributed by atoms with van der Waals surface area (Å²) >= 11 is 6.23. The number of hydrogen-bond acceptors (Lipinski definition) is 3. The summed E-state index contributed by atoms with van der Waals surface area (Å²) in [6.07, 6.45) is 0. The molecule has 4 heteroatoms. The van der Waals surface area contributed by atoms with Crippen LogP contribution in [0.15, 0.2) is 36.4 Å². The molecular formula is C16H18ClNO2. The van der Waals surface area contributed by atoms with Gasteiger partial charge in [0.05, 0.1) is 19.9 Å². The number of anilines is 1. The fourth-order valence-corrected chi connectivity index (χ4v) is 2.28. The fraction of sp³-hybridized carbons (Fsp3) is 0.250. The molecule has 0 aromatic heterocycles. The molecule has 2 aromatic carbocycles. The molecule has 106 valence electrons. The van der Waals surface area contributed by atoms with Gasteiger partial charge in [-0.2, -0.15) is 0 Å². The summed E-state index contributed by atoms with van der Waals surface area (Å²) in [6, 6.07) is 11.6. The molecule has 0 radical (unpaired) electrons. The van der Waals surface area contributed by atoms with Crippen molar-refractivity contribution in [1.29, 1.82) is 0 Å². The average molecular weight is 292 g/mol. The molecule has 0 amide bonds. The van der Waals surface area contributed by atoms with Crippen molar-refractivity contribution in [2.75, 3.05) is 19.5 Å². The molecule has 0 unspecified atom stereocenters. The lowest BCUT2D eigenvalue weighted by atomic mass is 10.1. The summed E-state index contributed by atoms with van der Waals surface area (Å²) in [4.78, 5) is 0. The van der Waals surface area contributed by atoms with Crippen LogP contribution in [0.4, 0.5) is 5.69 Å². The van der Waals surface area contributed by atoms with Crippen LogP contribution in [0, 0.1) is 6.92 Å². The van der Waals surface area contributed by atoms with E-state index in [2.05, 4.69) is 5.32 Å². The number of nitrogens with one attached hydrogen (secondary N) is 1. The van der Waals surface area contributed by atoms with E-state index < -0.39 is 0 Å². The number of aryl methyl sites for hydroxylation is 1. The molecule has 3 nitrogen and oxygen atoms in total. The van der Waals surface area contributed by atoms with Crippen LogP contribution in [-0.4, -0.2) is 14.2 Å². The van der Waals surface area contributed by atoms with Gasteiger partial charge in [-0.05, 0) is 36.8 Å². The normalized spacial score (nSPS) is 10.2. The third-order valence-electron chi connectivity index (χ3n) is 3.11. The zero-order chi connectivity index (χ0) is 14.5. The molecule has 0 heterocycles. The predicted octanol–water partition coefficient (Wildman–Crippen LogP) is 4.28. The predicted molar refractivity (Wildman–Crippen MR) is 83.1 cm³/mol. The van der Waals surface area contributed by atoms with Crippen molar-refractivity contribution in [1.82, 2.24) is 0 Å². The molecule has 0 bridgehead atoms. The molecule has 0 saturated heterocycles. The highest BCUT2D eigenvalue weighted by Crippen LogP contribution is 2.30. The third kappa shape index (κ3) is 3.17. The van der Waals surface area contributed by atoms with E-state index in [1.165, 1.54) is 5.56 Å². The van der Waals surface area contributed by atoms with Gasteiger partial charge in [0, 0.05) is 17.1 Å². The van der Waals surface area contributed by atoms with Gasteiger partial charge < -0.3 is 14.8 Å². The van der Waals surface area contributed by atoms with Crippen LogP contribution in [0.25, 0.3) is 0 Å². The minimum Gasteiger partial charge on any atom is -0.496 e. The van der Waals surface area contributed by atoms with Gasteiger partial charge >= 0.3 is 0 Å². The van der Waals surface area contributed by atoms with Crippen LogP contribution >= 0.6 is 11.6 Å². The Balaban J connectivity index is 2.23. The zero-order valence-corrected chi connectivity index (χ0v) is 12.6. The number of halogens is 1. The number of methoxy groups -OCH3 is 2. The molecule has 0 atom stereocenters. The van der Waals surface area contributed by atoms with Gasteiger partial charge in [0.2, 0.25) is 0 Å². The third-order valence-corrected chi connectivity index (χ3v) is 3.46. The van der Waals surface area contributed by atoms with E-state index in [1.807, 2.05) is 43.3 Å². The Morgan fingerprint density at radius 1 is 1.05 bits per heavy atom. The van der Waals surface area contributed by atoms with Crippen molar-refractivity contribution < 1.29 is 9.47 Å². The Morgan fingerprint density at radius 2 is 1.80 bits per heavy atom. The Morgan fingerprint density at radius 3 is 2.50 bits per heavy atom. The molecule has 1 N–H and O–H groups in total. The topological polar surface area (TPSA) is 30.5 Å². The zero-order valence-electron chi connectivity index (χ0n) is 11.9. The Bertz CT molecular complexity index is 599. The summed E-state index contributed by atoms with van der Waals surface area (Å²) in [6.45, 7) is 2.61. The molecule has 2 aromatic rings. The van der Waals surface area contributed by atoms with Crippen molar-refractivity contribution in [3.8, 4) is 11.5 Å². The average Bonchev–Trinajstić information content (AvgIpc) is 2.46. The van der Waals surface area contributed by atoms with Crippen LogP contribution in [0.3, 0.4) is 0 Å². The summed E-state index contributed by atoms with van der Waals surface area (Å²) in [5.74, 6) is 1.58. The van der Waals surface area contributed by atoms with E-state index >= 15 is 0 Å². The maximum atomic E-state index is 6.23. The van der Waals surface area contributed by atoms with Crippen LogP contribution in [-0.2, 0) is 6.54 Å². The number of rotatable bonds is 5. The minimum atomic E-state index is 0.572. The first-order valence-corrected chi connectivity index (χ1v) is 6.73. The maximum Gasteiger partial charge on any atom is 0.141 e. The summed E-state index contributed by atoms with van der Waals surface area (Å²) in [7, 11) is 3.30.